The van der Waals surface area contributed by atoms with Gasteiger partial charge in [0.2, 0.25) is 0 Å². The van der Waals surface area contributed by atoms with Crippen molar-refractivity contribution >= 4 is 11.7 Å². The zero-order valence-corrected chi connectivity index (χ0v) is 16.9. The highest BCUT2D eigenvalue weighted by atomic mass is 16.2. The lowest BCUT2D eigenvalue weighted by atomic mass is 9.53. The Balaban J connectivity index is 1.29. The van der Waals surface area contributed by atoms with Gasteiger partial charge in [0, 0.05) is 5.54 Å². The Morgan fingerprint density at radius 1 is 1.07 bits per heavy atom. The number of hydrogen-bond acceptors (Lipinski definition) is 2. The van der Waals surface area contributed by atoms with E-state index in [0.717, 1.165) is 34.8 Å². The second kappa shape index (κ2) is 6.64. The summed E-state index contributed by atoms with van der Waals surface area (Å²) in [6.07, 6.45) is 7.64. The van der Waals surface area contributed by atoms with Crippen molar-refractivity contribution < 1.29 is 4.79 Å². The highest BCUT2D eigenvalue weighted by Crippen LogP contribution is 2.55. The molecule has 1 heterocycles. The van der Waals surface area contributed by atoms with Crippen LogP contribution < -0.4 is 10.6 Å². The molecule has 0 radical (unpaired) electrons. The van der Waals surface area contributed by atoms with Crippen LogP contribution in [0.25, 0.3) is 0 Å². The van der Waals surface area contributed by atoms with Crippen molar-refractivity contribution in [1.82, 2.24) is 15.1 Å². The molecule has 5 heteroatoms. The van der Waals surface area contributed by atoms with Crippen LogP contribution in [0.4, 0.5) is 10.5 Å². The summed E-state index contributed by atoms with van der Waals surface area (Å²) in [7, 11) is 0. The van der Waals surface area contributed by atoms with E-state index in [1.807, 2.05) is 36.7 Å². The van der Waals surface area contributed by atoms with Crippen molar-refractivity contribution in [3.05, 3.63) is 47.3 Å². The standard InChI is InChI=1S/C23H30N4O/c1-15-21(16(2)27(26-15)14-17-6-4-3-5-7-17)24-22(28)25-23-11-18-8-19(12-23)10-20(9-18)13-23/h3-7,18-20H,8-14H2,1-2H3,(H2,24,25,28). The van der Waals surface area contributed by atoms with Crippen LogP contribution in [0.2, 0.25) is 0 Å². The summed E-state index contributed by atoms with van der Waals surface area (Å²) in [5, 5.41) is 11.2. The van der Waals surface area contributed by atoms with Crippen molar-refractivity contribution in [2.75, 3.05) is 5.32 Å². The number of carbonyl (C=O) groups is 1. The maximum Gasteiger partial charge on any atom is 0.319 e. The normalized spacial score (nSPS) is 30.4. The highest BCUT2D eigenvalue weighted by Gasteiger charge is 2.51. The number of hydrogen-bond donors (Lipinski definition) is 2. The predicted molar refractivity (Wildman–Crippen MR) is 110 cm³/mol. The van der Waals surface area contributed by atoms with E-state index in [4.69, 9.17) is 0 Å². The first-order valence-electron chi connectivity index (χ1n) is 10.7. The van der Waals surface area contributed by atoms with Crippen LogP contribution in [0.15, 0.2) is 30.3 Å². The molecule has 6 rings (SSSR count). The summed E-state index contributed by atoms with van der Waals surface area (Å²) in [5.41, 5.74) is 3.95. The molecule has 4 fully saturated rings. The monoisotopic (exact) mass is 378 g/mol. The Bertz CT molecular complexity index is 850. The van der Waals surface area contributed by atoms with Crippen LogP contribution in [0.5, 0.6) is 0 Å². The fourth-order valence-electron chi connectivity index (χ4n) is 6.44. The molecule has 0 aliphatic heterocycles. The topological polar surface area (TPSA) is 59.0 Å². The Morgan fingerprint density at radius 3 is 2.29 bits per heavy atom. The first-order chi connectivity index (χ1) is 13.5. The quantitative estimate of drug-likeness (QED) is 0.814. The third kappa shape index (κ3) is 3.21. The molecule has 0 atom stereocenters. The van der Waals surface area contributed by atoms with Crippen molar-refractivity contribution in [2.24, 2.45) is 17.8 Å². The molecule has 5 nitrogen and oxygen atoms in total. The SMILES string of the molecule is Cc1nn(Cc2ccccc2)c(C)c1NC(=O)NC12CC3CC(CC(C3)C1)C2. The van der Waals surface area contributed by atoms with Gasteiger partial charge in [0.15, 0.2) is 0 Å². The summed E-state index contributed by atoms with van der Waals surface area (Å²) in [5.74, 6) is 2.47. The highest BCUT2D eigenvalue weighted by molar-refractivity contribution is 5.91. The van der Waals surface area contributed by atoms with Crippen LogP contribution in [-0.4, -0.2) is 21.4 Å². The number of aryl methyl sites for hydroxylation is 1. The summed E-state index contributed by atoms with van der Waals surface area (Å²) in [6, 6.07) is 10.2. The van der Waals surface area contributed by atoms with E-state index < -0.39 is 0 Å². The number of urea groups is 1. The minimum Gasteiger partial charge on any atom is -0.332 e. The molecule has 0 unspecified atom stereocenters. The maximum absolute atomic E-state index is 12.9. The van der Waals surface area contributed by atoms with E-state index in [0.29, 0.717) is 6.54 Å². The number of rotatable bonds is 4. The van der Waals surface area contributed by atoms with E-state index in [2.05, 4.69) is 27.9 Å². The average molecular weight is 379 g/mol. The van der Waals surface area contributed by atoms with E-state index in [1.165, 1.54) is 44.1 Å². The molecule has 4 bridgehead atoms. The zero-order chi connectivity index (χ0) is 19.3. The second-order valence-corrected chi connectivity index (χ2v) is 9.47. The van der Waals surface area contributed by atoms with Gasteiger partial charge in [-0.1, -0.05) is 30.3 Å². The minimum atomic E-state index is -0.0626. The van der Waals surface area contributed by atoms with E-state index in [1.54, 1.807) is 0 Å². The summed E-state index contributed by atoms with van der Waals surface area (Å²) < 4.78 is 1.98. The van der Waals surface area contributed by atoms with Gasteiger partial charge in [-0.05, 0) is 75.7 Å². The van der Waals surface area contributed by atoms with Gasteiger partial charge in [-0.3, -0.25) is 4.68 Å². The number of benzene rings is 1. The average Bonchev–Trinajstić information content (AvgIpc) is 2.88. The molecular formula is C23H30N4O. The van der Waals surface area contributed by atoms with Crippen LogP contribution in [-0.2, 0) is 6.54 Å². The molecular weight excluding hydrogens is 348 g/mol. The van der Waals surface area contributed by atoms with Gasteiger partial charge in [-0.25, -0.2) is 4.79 Å². The van der Waals surface area contributed by atoms with Gasteiger partial charge in [0.1, 0.15) is 0 Å². The van der Waals surface area contributed by atoms with Crippen molar-refractivity contribution in [2.45, 2.75) is 64.5 Å². The number of nitrogens with one attached hydrogen (secondary N) is 2. The third-order valence-corrected chi connectivity index (χ3v) is 7.21. The lowest BCUT2D eigenvalue weighted by molar-refractivity contribution is -0.0127. The Morgan fingerprint density at radius 2 is 1.68 bits per heavy atom. The van der Waals surface area contributed by atoms with Crippen LogP contribution in [0.3, 0.4) is 0 Å². The lowest BCUT2D eigenvalue weighted by Gasteiger charge is -2.56. The Hall–Kier alpha value is -2.30. The van der Waals surface area contributed by atoms with Crippen LogP contribution in [0.1, 0.15) is 55.5 Å². The number of carbonyl (C=O) groups excluding carboxylic acids is 1. The van der Waals surface area contributed by atoms with E-state index in [-0.39, 0.29) is 11.6 Å². The molecule has 4 saturated carbocycles. The smallest absolute Gasteiger partial charge is 0.319 e. The third-order valence-electron chi connectivity index (χ3n) is 7.21. The number of aromatic nitrogens is 2. The number of anilines is 1. The largest absolute Gasteiger partial charge is 0.332 e. The summed E-state index contributed by atoms with van der Waals surface area (Å²) in [4.78, 5) is 12.9. The lowest BCUT2D eigenvalue weighted by Crippen LogP contribution is -2.60. The minimum absolute atomic E-state index is 0.0284. The molecule has 1 aromatic heterocycles. The van der Waals surface area contributed by atoms with Crippen LogP contribution >= 0.6 is 0 Å². The first kappa shape index (κ1) is 17.8. The molecule has 0 saturated heterocycles. The molecule has 2 amide bonds. The molecule has 4 aliphatic rings. The Kier molecular flexibility index (Phi) is 4.22. The van der Waals surface area contributed by atoms with E-state index in [9.17, 15) is 4.79 Å². The molecule has 28 heavy (non-hydrogen) atoms. The van der Waals surface area contributed by atoms with Gasteiger partial charge in [-0.15, -0.1) is 0 Å². The molecule has 148 valence electrons. The van der Waals surface area contributed by atoms with E-state index >= 15 is 0 Å². The molecule has 0 spiro atoms. The van der Waals surface area contributed by atoms with Crippen molar-refractivity contribution in [3.8, 4) is 0 Å². The van der Waals surface area contributed by atoms with Gasteiger partial charge in [0.05, 0.1) is 23.6 Å². The van der Waals surface area contributed by atoms with Gasteiger partial charge >= 0.3 is 6.03 Å². The number of nitrogens with zero attached hydrogens (tertiary/aromatic N) is 2. The Labute approximate surface area is 166 Å². The van der Waals surface area contributed by atoms with Gasteiger partial charge < -0.3 is 10.6 Å². The van der Waals surface area contributed by atoms with Crippen molar-refractivity contribution in [1.29, 1.82) is 0 Å². The molecule has 2 aromatic rings. The maximum atomic E-state index is 12.9. The fraction of sp³-hybridized carbons (Fsp3) is 0.565. The molecule has 4 aliphatic carbocycles. The fourth-order valence-corrected chi connectivity index (χ4v) is 6.44. The van der Waals surface area contributed by atoms with Crippen molar-refractivity contribution in [3.63, 3.8) is 0 Å². The number of amides is 2. The molecule has 1 aromatic carbocycles. The zero-order valence-electron chi connectivity index (χ0n) is 16.9. The molecule has 2 N–H and O–H groups in total. The summed E-state index contributed by atoms with van der Waals surface area (Å²) in [6.45, 7) is 4.71. The van der Waals surface area contributed by atoms with Gasteiger partial charge in [0.25, 0.3) is 0 Å². The first-order valence-corrected chi connectivity index (χ1v) is 10.7. The summed E-state index contributed by atoms with van der Waals surface area (Å²) >= 11 is 0. The van der Waals surface area contributed by atoms with Crippen LogP contribution in [0, 0.1) is 31.6 Å². The predicted octanol–water partition coefficient (Wildman–Crippen LogP) is 4.64. The van der Waals surface area contributed by atoms with Gasteiger partial charge in [-0.2, -0.15) is 5.10 Å². The second-order valence-electron chi connectivity index (χ2n) is 9.47.